The van der Waals surface area contributed by atoms with Gasteiger partial charge in [0.15, 0.2) is 0 Å². The maximum Gasteiger partial charge on any atom is 0.119 e. The van der Waals surface area contributed by atoms with Crippen molar-refractivity contribution in [3.8, 4) is 5.75 Å². The highest BCUT2D eigenvalue weighted by Crippen LogP contribution is 2.15. The van der Waals surface area contributed by atoms with Gasteiger partial charge < -0.3 is 10.5 Å². The second kappa shape index (κ2) is 5.76. The van der Waals surface area contributed by atoms with E-state index in [1.165, 1.54) is 5.56 Å². The smallest absolute Gasteiger partial charge is 0.119 e. The summed E-state index contributed by atoms with van der Waals surface area (Å²) in [6.45, 7) is 6.22. The third kappa shape index (κ3) is 4.34. The lowest BCUT2D eigenvalue weighted by molar-refractivity contribution is 0.217. The fraction of sp³-hybridized carbons (Fsp3) is 0.538. The van der Waals surface area contributed by atoms with Gasteiger partial charge in [-0.3, -0.25) is 0 Å². The zero-order valence-electron chi connectivity index (χ0n) is 9.86. The van der Waals surface area contributed by atoms with E-state index in [2.05, 4.69) is 26.0 Å². The van der Waals surface area contributed by atoms with E-state index in [0.29, 0.717) is 0 Å². The lowest BCUT2D eigenvalue weighted by Gasteiger charge is -2.13. The summed E-state index contributed by atoms with van der Waals surface area (Å²) in [5, 5.41) is 0. The molecule has 0 saturated heterocycles. The van der Waals surface area contributed by atoms with E-state index in [4.69, 9.17) is 10.5 Å². The summed E-state index contributed by atoms with van der Waals surface area (Å²) in [6.07, 6.45) is 2.23. The number of rotatable bonds is 5. The molecule has 1 aromatic rings. The van der Waals surface area contributed by atoms with Gasteiger partial charge in [-0.1, -0.05) is 19.1 Å². The lowest BCUT2D eigenvalue weighted by atomic mass is 10.1. The molecule has 0 saturated carbocycles. The number of nitrogens with two attached hydrogens (primary N) is 1. The molecule has 15 heavy (non-hydrogen) atoms. The van der Waals surface area contributed by atoms with Crippen molar-refractivity contribution in [1.29, 1.82) is 0 Å². The van der Waals surface area contributed by atoms with E-state index in [1.54, 1.807) is 0 Å². The van der Waals surface area contributed by atoms with Crippen molar-refractivity contribution in [1.82, 2.24) is 0 Å². The van der Waals surface area contributed by atoms with Crippen molar-refractivity contribution in [2.75, 3.05) is 0 Å². The maximum absolute atomic E-state index is 5.73. The highest BCUT2D eigenvalue weighted by Gasteiger charge is 2.01. The molecule has 0 aliphatic rings. The minimum atomic E-state index is 0.214. The standard InChI is InChI=1S/C13H21NO/c1-4-11(3)15-13-7-5-12(6-8-13)9-10(2)14/h5-8,10-11H,4,9,14H2,1-3H3/t10-,11?/m1/s1. The van der Waals surface area contributed by atoms with Gasteiger partial charge in [0.05, 0.1) is 6.10 Å². The first-order valence-electron chi connectivity index (χ1n) is 5.63. The molecule has 0 spiro atoms. The van der Waals surface area contributed by atoms with E-state index in [9.17, 15) is 0 Å². The molecule has 0 aliphatic carbocycles. The molecular formula is C13H21NO. The molecule has 1 aromatic carbocycles. The molecule has 0 aliphatic heterocycles. The summed E-state index contributed by atoms with van der Waals surface area (Å²) in [7, 11) is 0. The van der Waals surface area contributed by atoms with Crippen LogP contribution in [0.2, 0.25) is 0 Å². The molecule has 84 valence electrons. The van der Waals surface area contributed by atoms with E-state index in [0.717, 1.165) is 18.6 Å². The van der Waals surface area contributed by atoms with Gasteiger partial charge in [0.1, 0.15) is 5.75 Å². The normalized spacial score (nSPS) is 14.7. The molecule has 0 bridgehead atoms. The molecule has 0 fully saturated rings. The third-order valence-corrected chi connectivity index (χ3v) is 2.39. The van der Waals surface area contributed by atoms with Crippen LogP contribution in [0.1, 0.15) is 32.8 Å². The van der Waals surface area contributed by atoms with Crippen LogP contribution in [0.4, 0.5) is 0 Å². The Balaban J connectivity index is 2.56. The van der Waals surface area contributed by atoms with Crippen LogP contribution in [0.5, 0.6) is 5.75 Å². The van der Waals surface area contributed by atoms with Gasteiger partial charge in [-0.15, -0.1) is 0 Å². The Labute approximate surface area is 92.4 Å². The van der Waals surface area contributed by atoms with Crippen molar-refractivity contribution < 1.29 is 4.74 Å². The van der Waals surface area contributed by atoms with Gasteiger partial charge in [0.25, 0.3) is 0 Å². The predicted octanol–water partition coefficient (Wildman–Crippen LogP) is 2.75. The van der Waals surface area contributed by atoms with Crippen molar-refractivity contribution in [2.24, 2.45) is 5.73 Å². The number of hydrogen-bond donors (Lipinski definition) is 1. The zero-order chi connectivity index (χ0) is 11.3. The molecule has 0 aromatic heterocycles. The highest BCUT2D eigenvalue weighted by atomic mass is 16.5. The number of ether oxygens (including phenoxy) is 1. The van der Waals surface area contributed by atoms with Crippen LogP contribution < -0.4 is 10.5 Å². The maximum atomic E-state index is 5.73. The van der Waals surface area contributed by atoms with Crippen molar-refractivity contribution in [3.63, 3.8) is 0 Å². The van der Waals surface area contributed by atoms with Gasteiger partial charge >= 0.3 is 0 Å². The van der Waals surface area contributed by atoms with Crippen LogP contribution >= 0.6 is 0 Å². The highest BCUT2D eigenvalue weighted by molar-refractivity contribution is 5.27. The molecule has 2 nitrogen and oxygen atoms in total. The summed E-state index contributed by atoms with van der Waals surface area (Å²) in [5.41, 5.74) is 7.00. The summed E-state index contributed by atoms with van der Waals surface area (Å²) < 4.78 is 5.69. The first-order valence-corrected chi connectivity index (χ1v) is 5.63. The fourth-order valence-electron chi connectivity index (χ4n) is 1.39. The molecule has 2 heteroatoms. The molecule has 2 N–H and O–H groups in total. The minimum absolute atomic E-state index is 0.214. The third-order valence-electron chi connectivity index (χ3n) is 2.39. The summed E-state index contributed by atoms with van der Waals surface area (Å²) in [4.78, 5) is 0. The van der Waals surface area contributed by atoms with E-state index >= 15 is 0 Å². The van der Waals surface area contributed by atoms with Crippen LogP contribution in [0, 0.1) is 0 Å². The Hall–Kier alpha value is -1.02. The van der Waals surface area contributed by atoms with Crippen LogP contribution in [-0.4, -0.2) is 12.1 Å². The van der Waals surface area contributed by atoms with Crippen LogP contribution in [0.3, 0.4) is 0 Å². The van der Waals surface area contributed by atoms with E-state index < -0.39 is 0 Å². The van der Waals surface area contributed by atoms with Crippen molar-refractivity contribution in [3.05, 3.63) is 29.8 Å². The topological polar surface area (TPSA) is 35.2 Å². The Morgan fingerprint density at radius 2 is 1.80 bits per heavy atom. The van der Waals surface area contributed by atoms with Gasteiger partial charge in [0, 0.05) is 6.04 Å². The quantitative estimate of drug-likeness (QED) is 0.805. The van der Waals surface area contributed by atoms with Gasteiger partial charge in [0.2, 0.25) is 0 Å². The first-order chi connectivity index (χ1) is 7.11. The minimum Gasteiger partial charge on any atom is -0.491 e. The summed E-state index contributed by atoms with van der Waals surface area (Å²) >= 11 is 0. The zero-order valence-corrected chi connectivity index (χ0v) is 9.86. The molecule has 1 unspecified atom stereocenters. The Kier molecular flexibility index (Phi) is 4.63. The fourth-order valence-corrected chi connectivity index (χ4v) is 1.39. The molecule has 0 amide bonds. The van der Waals surface area contributed by atoms with Gasteiger partial charge in [-0.05, 0) is 44.4 Å². The predicted molar refractivity (Wildman–Crippen MR) is 64.2 cm³/mol. The Morgan fingerprint density at radius 1 is 1.20 bits per heavy atom. The van der Waals surface area contributed by atoms with Crippen LogP contribution in [-0.2, 0) is 6.42 Å². The van der Waals surface area contributed by atoms with Gasteiger partial charge in [-0.2, -0.15) is 0 Å². The summed E-state index contributed by atoms with van der Waals surface area (Å²) in [6, 6.07) is 8.42. The largest absolute Gasteiger partial charge is 0.491 e. The average molecular weight is 207 g/mol. The van der Waals surface area contributed by atoms with E-state index in [1.807, 2.05) is 19.1 Å². The second-order valence-corrected chi connectivity index (χ2v) is 4.16. The molecular weight excluding hydrogens is 186 g/mol. The number of benzene rings is 1. The van der Waals surface area contributed by atoms with Crippen LogP contribution in [0.15, 0.2) is 24.3 Å². The number of hydrogen-bond acceptors (Lipinski definition) is 2. The summed E-state index contributed by atoms with van der Waals surface area (Å²) in [5.74, 6) is 0.942. The molecule has 0 radical (unpaired) electrons. The van der Waals surface area contributed by atoms with Gasteiger partial charge in [-0.25, -0.2) is 0 Å². The van der Waals surface area contributed by atoms with Crippen LogP contribution in [0.25, 0.3) is 0 Å². The first kappa shape index (κ1) is 12.1. The van der Waals surface area contributed by atoms with E-state index in [-0.39, 0.29) is 12.1 Å². The molecule has 1 rings (SSSR count). The molecule has 0 heterocycles. The second-order valence-electron chi connectivity index (χ2n) is 4.16. The monoisotopic (exact) mass is 207 g/mol. The Morgan fingerprint density at radius 3 is 2.27 bits per heavy atom. The van der Waals surface area contributed by atoms with Crippen molar-refractivity contribution >= 4 is 0 Å². The lowest BCUT2D eigenvalue weighted by Crippen LogP contribution is -2.17. The molecule has 2 atom stereocenters. The van der Waals surface area contributed by atoms with Crippen molar-refractivity contribution in [2.45, 2.75) is 45.8 Å². The Bertz CT molecular complexity index is 279. The average Bonchev–Trinajstić information content (AvgIpc) is 2.20. The SMILES string of the molecule is CCC(C)Oc1ccc(C[C@@H](C)N)cc1.